The number of H-pyrrole nitrogens is 1. The number of hydrogen-bond acceptors (Lipinski definition) is 4. The maximum absolute atomic E-state index is 12.4. The molecule has 2 rings (SSSR count). The minimum Gasteiger partial charge on any atom is -0.382 e. The number of carbonyl (C=O) groups excluding carboxylic acids is 1. The van der Waals surface area contributed by atoms with Crippen LogP contribution in [-0.4, -0.2) is 46.8 Å². The van der Waals surface area contributed by atoms with E-state index in [9.17, 15) is 4.79 Å². The summed E-state index contributed by atoms with van der Waals surface area (Å²) < 4.78 is 5.56. The van der Waals surface area contributed by atoms with E-state index in [-0.39, 0.29) is 17.8 Å². The first-order valence-electron chi connectivity index (χ1n) is 6.34. The highest BCUT2D eigenvalue weighted by Gasteiger charge is 2.25. The number of carbonyl (C=O) groups is 1. The molecule has 1 saturated heterocycles. The predicted octanol–water partition coefficient (Wildman–Crippen LogP) is 0.941. The minimum absolute atomic E-state index is 0.0725. The van der Waals surface area contributed by atoms with Gasteiger partial charge >= 0.3 is 0 Å². The normalized spacial score (nSPS) is 19.1. The van der Waals surface area contributed by atoms with Gasteiger partial charge in [-0.25, -0.2) is 0 Å². The summed E-state index contributed by atoms with van der Waals surface area (Å²) in [6.45, 7) is 5.82. The van der Waals surface area contributed by atoms with E-state index in [2.05, 4.69) is 10.2 Å². The van der Waals surface area contributed by atoms with Crippen LogP contribution in [0.25, 0.3) is 0 Å². The highest BCUT2D eigenvalue weighted by Crippen LogP contribution is 2.18. The fourth-order valence-electron chi connectivity index (χ4n) is 2.27. The maximum Gasteiger partial charge on any atom is 0.259 e. The Morgan fingerprint density at radius 1 is 1.67 bits per heavy atom. The summed E-state index contributed by atoms with van der Waals surface area (Å²) in [6.07, 6.45) is 2.25. The van der Waals surface area contributed by atoms with Gasteiger partial charge in [0.05, 0.1) is 6.10 Å². The van der Waals surface area contributed by atoms with E-state index in [4.69, 9.17) is 10.5 Å². The second kappa shape index (κ2) is 5.39. The first-order valence-corrected chi connectivity index (χ1v) is 6.34. The van der Waals surface area contributed by atoms with Gasteiger partial charge in [0.15, 0.2) is 5.82 Å². The van der Waals surface area contributed by atoms with E-state index in [1.165, 1.54) is 0 Å². The molecule has 0 spiro atoms. The average molecular weight is 252 g/mol. The Kier molecular flexibility index (Phi) is 3.86. The van der Waals surface area contributed by atoms with Crippen molar-refractivity contribution in [3.8, 4) is 0 Å². The number of likely N-dealkylation sites (N-methyl/N-ethyl adjacent to an activating group) is 1. The van der Waals surface area contributed by atoms with Gasteiger partial charge in [-0.05, 0) is 26.7 Å². The third kappa shape index (κ3) is 2.48. The van der Waals surface area contributed by atoms with Crippen LogP contribution in [0.5, 0.6) is 0 Å². The first-order chi connectivity index (χ1) is 8.63. The summed E-state index contributed by atoms with van der Waals surface area (Å²) in [5.74, 6) is 0.194. The molecule has 3 N–H and O–H groups in total. The number of nitrogens with one attached hydrogen (secondary N) is 1. The van der Waals surface area contributed by atoms with Gasteiger partial charge in [-0.2, -0.15) is 5.10 Å². The fraction of sp³-hybridized carbons (Fsp3) is 0.667. The van der Waals surface area contributed by atoms with Crippen LogP contribution in [0, 0.1) is 6.92 Å². The molecule has 2 heterocycles. The summed E-state index contributed by atoms with van der Waals surface area (Å²) in [5, 5.41) is 6.60. The lowest BCUT2D eigenvalue weighted by atomic mass is 10.2. The van der Waals surface area contributed by atoms with Crippen molar-refractivity contribution in [2.24, 2.45) is 0 Å². The molecule has 0 radical (unpaired) electrons. The highest BCUT2D eigenvalue weighted by molar-refractivity contribution is 5.99. The van der Waals surface area contributed by atoms with Gasteiger partial charge in [0.25, 0.3) is 5.91 Å². The molecule has 100 valence electrons. The monoisotopic (exact) mass is 252 g/mol. The Balaban J connectivity index is 2.09. The molecule has 18 heavy (non-hydrogen) atoms. The summed E-state index contributed by atoms with van der Waals surface area (Å²) in [5.41, 5.74) is 6.91. The molecule has 0 saturated carbocycles. The van der Waals surface area contributed by atoms with Gasteiger partial charge in [0.1, 0.15) is 5.56 Å². The molecule has 1 aromatic rings. The van der Waals surface area contributed by atoms with Crippen molar-refractivity contribution >= 4 is 11.7 Å². The Labute approximate surface area is 106 Å². The van der Waals surface area contributed by atoms with E-state index < -0.39 is 0 Å². The molecule has 0 aliphatic carbocycles. The zero-order valence-corrected chi connectivity index (χ0v) is 10.9. The zero-order valence-electron chi connectivity index (χ0n) is 10.9. The lowest BCUT2D eigenvalue weighted by molar-refractivity contribution is 0.0539. The topological polar surface area (TPSA) is 84.2 Å². The van der Waals surface area contributed by atoms with E-state index in [0.29, 0.717) is 24.3 Å². The maximum atomic E-state index is 12.4. The molecule has 0 bridgehead atoms. The second-order valence-electron chi connectivity index (χ2n) is 4.59. The number of amides is 1. The molecular formula is C12H20N4O2. The van der Waals surface area contributed by atoms with Crippen molar-refractivity contribution < 1.29 is 9.53 Å². The fourth-order valence-corrected chi connectivity index (χ4v) is 2.27. The third-order valence-electron chi connectivity index (χ3n) is 3.31. The molecule has 1 fully saturated rings. The van der Waals surface area contributed by atoms with E-state index in [1.807, 2.05) is 6.92 Å². The smallest absolute Gasteiger partial charge is 0.259 e. The molecule has 1 unspecified atom stereocenters. The van der Waals surface area contributed by atoms with Crippen molar-refractivity contribution in [3.05, 3.63) is 11.3 Å². The number of aromatic nitrogens is 2. The number of aromatic amines is 1. The Bertz CT molecular complexity index is 404. The van der Waals surface area contributed by atoms with Crippen LogP contribution in [-0.2, 0) is 4.74 Å². The predicted molar refractivity (Wildman–Crippen MR) is 68.3 cm³/mol. The molecule has 1 aliphatic heterocycles. The van der Waals surface area contributed by atoms with Crippen molar-refractivity contribution in [3.63, 3.8) is 0 Å². The number of rotatable bonds is 4. The molecule has 0 aromatic carbocycles. The average Bonchev–Trinajstić information content (AvgIpc) is 2.96. The molecule has 1 aromatic heterocycles. The number of ether oxygens (including phenoxy) is 1. The summed E-state index contributed by atoms with van der Waals surface area (Å²) in [4.78, 5) is 14.2. The van der Waals surface area contributed by atoms with Crippen molar-refractivity contribution in [1.29, 1.82) is 0 Å². The number of nitrogens with two attached hydrogens (primary N) is 1. The van der Waals surface area contributed by atoms with Crippen molar-refractivity contribution in [2.45, 2.75) is 32.8 Å². The molecule has 1 atom stereocenters. The van der Waals surface area contributed by atoms with Crippen molar-refractivity contribution in [1.82, 2.24) is 15.1 Å². The van der Waals surface area contributed by atoms with Crippen LogP contribution in [0.4, 0.5) is 5.82 Å². The number of nitrogen functional groups attached to an aromatic ring is 1. The number of hydrogen-bond donors (Lipinski definition) is 2. The molecule has 1 amide bonds. The summed E-state index contributed by atoms with van der Waals surface area (Å²) in [7, 11) is 0. The number of nitrogens with zero attached hydrogens (tertiary/aromatic N) is 2. The Hall–Kier alpha value is -1.56. The Morgan fingerprint density at radius 2 is 2.44 bits per heavy atom. The van der Waals surface area contributed by atoms with E-state index in [1.54, 1.807) is 11.8 Å². The largest absolute Gasteiger partial charge is 0.382 e. The van der Waals surface area contributed by atoms with Crippen LogP contribution < -0.4 is 5.73 Å². The lowest BCUT2D eigenvalue weighted by Gasteiger charge is -2.24. The molecule has 6 heteroatoms. The van der Waals surface area contributed by atoms with Gasteiger partial charge in [-0.1, -0.05) is 0 Å². The second-order valence-corrected chi connectivity index (χ2v) is 4.59. The van der Waals surface area contributed by atoms with Crippen LogP contribution in [0.3, 0.4) is 0 Å². The molecular weight excluding hydrogens is 232 g/mol. The molecule has 1 aliphatic rings. The summed E-state index contributed by atoms with van der Waals surface area (Å²) in [6, 6.07) is 0. The standard InChI is InChI=1S/C12H20N4O2/c1-3-16(7-9-5-4-6-18-9)12(17)10-8(2)14-15-11(10)13/h9H,3-7H2,1-2H3,(H3,13,14,15). The van der Waals surface area contributed by atoms with Crippen LogP contribution in [0.2, 0.25) is 0 Å². The Morgan fingerprint density at radius 3 is 2.94 bits per heavy atom. The van der Waals surface area contributed by atoms with Crippen LogP contribution in [0.1, 0.15) is 35.8 Å². The zero-order chi connectivity index (χ0) is 13.1. The van der Waals surface area contributed by atoms with Crippen molar-refractivity contribution in [2.75, 3.05) is 25.4 Å². The molecule has 6 nitrogen and oxygen atoms in total. The SMILES string of the molecule is CCN(CC1CCCO1)C(=O)c1c(N)n[nH]c1C. The van der Waals surface area contributed by atoms with Gasteiger partial charge < -0.3 is 15.4 Å². The first kappa shape index (κ1) is 12.9. The minimum atomic E-state index is -0.0725. The lowest BCUT2D eigenvalue weighted by Crippen LogP contribution is -2.37. The van der Waals surface area contributed by atoms with Gasteiger partial charge in [0, 0.05) is 25.4 Å². The number of aryl methyl sites for hydroxylation is 1. The van der Waals surface area contributed by atoms with Gasteiger partial charge in [-0.15, -0.1) is 0 Å². The van der Waals surface area contributed by atoms with Gasteiger partial charge in [0.2, 0.25) is 0 Å². The number of anilines is 1. The van der Waals surface area contributed by atoms with Crippen LogP contribution >= 0.6 is 0 Å². The quantitative estimate of drug-likeness (QED) is 0.835. The third-order valence-corrected chi connectivity index (χ3v) is 3.31. The van der Waals surface area contributed by atoms with E-state index in [0.717, 1.165) is 19.4 Å². The van der Waals surface area contributed by atoms with E-state index >= 15 is 0 Å². The van der Waals surface area contributed by atoms with Gasteiger partial charge in [-0.3, -0.25) is 9.89 Å². The van der Waals surface area contributed by atoms with Crippen LogP contribution in [0.15, 0.2) is 0 Å². The highest BCUT2D eigenvalue weighted by atomic mass is 16.5. The summed E-state index contributed by atoms with van der Waals surface area (Å²) >= 11 is 0.